The molecule has 126 valence electrons. The zero-order valence-electron chi connectivity index (χ0n) is 14.0. The van der Waals surface area contributed by atoms with Crippen LogP contribution in [0.25, 0.3) is 17.0 Å². The second kappa shape index (κ2) is 6.50. The summed E-state index contributed by atoms with van der Waals surface area (Å²) in [4.78, 5) is 9.33. The van der Waals surface area contributed by atoms with Crippen molar-refractivity contribution in [3.63, 3.8) is 0 Å². The second-order valence-electron chi connectivity index (χ2n) is 5.83. The molecule has 0 radical (unpaired) electrons. The monoisotopic (exact) mass is 368 g/mol. The fourth-order valence-electron chi connectivity index (χ4n) is 2.83. The van der Waals surface area contributed by atoms with E-state index in [0.29, 0.717) is 5.02 Å². The van der Waals surface area contributed by atoms with Crippen LogP contribution in [0.2, 0.25) is 5.02 Å². The highest BCUT2D eigenvalue weighted by molar-refractivity contribution is 7.14. The maximum absolute atomic E-state index is 6.15. The largest absolute Gasteiger partial charge is 0.332 e. The van der Waals surface area contributed by atoms with E-state index in [2.05, 4.69) is 41.5 Å². The Labute approximate surface area is 155 Å². The van der Waals surface area contributed by atoms with E-state index in [1.807, 2.05) is 35.0 Å². The molecule has 0 aliphatic heterocycles. The van der Waals surface area contributed by atoms with Gasteiger partial charge in [0.15, 0.2) is 5.13 Å². The summed E-state index contributed by atoms with van der Waals surface area (Å²) in [5, 5.41) is 6.94. The molecule has 3 heterocycles. The van der Waals surface area contributed by atoms with Gasteiger partial charge in [-0.05, 0) is 43.2 Å². The summed E-state index contributed by atoms with van der Waals surface area (Å²) >= 11 is 7.72. The van der Waals surface area contributed by atoms with Gasteiger partial charge in [-0.15, -0.1) is 11.3 Å². The normalized spacial score (nSPS) is 11.2. The lowest BCUT2D eigenvalue weighted by molar-refractivity contribution is 1.14. The second-order valence-corrected chi connectivity index (χ2v) is 7.13. The number of pyridine rings is 1. The first-order valence-electron chi connectivity index (χ1n) is 8.10. The van der Waals surface area contributed by atoms with Crippen LogP contribution in [0.15, 0.2) is 48.0 Å². The van der Waals surface area contributed by atoms with E-state index < -0.39 is 0 Å². The maximum Gasteiger partial charge on any atom is 0.187 e. The molecule has 0 saturated carbocycles. The molecule has 0 unspecified atom stereocenters. The molecule has 0 saturated heterocycles. The van der Waals surface area contributed by atoms with Crippen molar-refractivity contribution in [3.8, 4) is 11.4 Å². The number of halogens is 1. The van der Waals surface area contributed by atoms with Gasteiger partial charge >= 0.3 is 0 Å². The minimum absolute atomic E-state index is 0.677. The summed E-state index contributed by atoms with van der Waals surface area (Å²) in [5.41, 5.74) is 6.04. The molecule has 0 atom stereocenters. The minimum atomic E-state index is 0.677. The van der Waals surface area contributed by atoms with Crippen LogP contribution in [-0.4, -0.2) is 14.4 Å². The number of hydrogen-bond donors (Lipinski definition) is 1. The van der Waals surface area contributed by atoms with Gasteiger partial charge in [-0.25, -0.2) is 9.97 Å². The van der Waals surface area contributed by atoms with Crippen molar-refractivity contribution in [3.05, 3.63) is 64.3 Å². The molecule has 4 aromatic rings. The van der Waals surface area contributed by atoms with E-state index in [1.54, 1.807) is 11.3 Å². The van der Waals surface area contributed by atoms with Gasteiger partial charge in [-0.2, -0.15) is 0 Å². The van der Waals surface area contributed by atoms with E-state index in [4.69, 9.17) is 16.6 Å². The van der Waals surface area contributed by atoms with Crippen molar-refractivity contribution in [2.45, 2.75) is 20.3 Å². The van der Waals surface area contributed by atoms with Crippen LogP contribution in [0.4, 0.5) is 10.8 Å². The smallest absolute Gasteiger partial charge is 0.187 e. The Balaban J connectivity index is 1.67. The van der Waals surface area contributed by atoms with Crippen LogP contribution in [0.3, 0.4) is 0 Å². The predicted molar refractivity (Wildman–Crippen MR) is 105 cm³/mol. The molecule has 0 bridgehead atoms. The number of aryl methyl sites for hydroxylation is 2. The summed E-state index contributed by atoms with van der Waals surface area (Å²) in [6.45, 7) is 4.15. The van der Waals surface area contributed by atoms with Gasteiger partial charge in [-0.3, -0.25) is 4.40 Å². The molecule has 6 heteroatoms. The first kappa shape index (κ1) is 16.1. The van der Waals surface area contributed by atoms with Crippen LogP contribution in [0, 0.1) is 6.92 Å². The summed E-state index contributed by atoms with van der Waals surface area (Å²) < 4.78 is 1.99. The van der Waals surface area contributed by atoms with E-state index in [-0.39, 0.29) is 0 Å². The van der Waals surface area contributed by atoms with E-state index in [1.165, 1.54) is 5.56 Å². The molecule has 1 N–H and O–H groups in total. The Morgan fingerprint density at radius 2 is 1.92 bits per heavy atom. The topological polar surface area (TPSA) is 42.2 Å². The van der Waals surface area contributed by atoms with Crippen LogP contribution < -0.4 is 5.32 Å². The van der Waals surface area contributed by atoms with Crippen molar-refractivity contribution in [2.75, 3.05) is 5.32 Å². The third-order valence-electron chi connectivity index (χ3n) is 4.12. The molecule has 0 aliphatic rings. The molecule has 0 spiro atoms. The number of nitrogens with one attached hydrogen (secondary N) is 1. The Morgan fingerprint density at radius 3 is 2.68 bits per heavy atom. The van der Waals surface area contributed by atoms with Gasteiger partial charge in [0, 0.05) is 17.3 Å². The molecule has 4 rings (SSSR count). The van der Waals surface area contributed by atoms with E-state index in [9.17, 15) is 0 Å². The summed E-state index contributed by atoms with van der Waals surface area (Å²) in [6, 6.07) is 12.2. The van der Waals surface area contributed by atoms with Crippen molar-refractivity contribution in [1.29, 1.82) is 0 Å². The fraction of sp³-hybridized carbons (Fsp3) is 0.158. The van der Waals surface area contributed by atoms with Gasteiger partial charge in [0.2, 0.25) is 0 Å². The molecule has 0 aliphatic carbocycles. The van der Waals surface area contributed by atoms with Gasteiger partial charge in [0.25, 0.3) is 0 Å². The number of aromatic nitrogens is 3. The predicted octanol–water partition coefficient (Wildman–Crippen LogP) is 5.73. The molecule has 3 aromatic heterocycles. The molecule has 25 heavy (non-hydrogen) atoms. The Morgan fingerprint density at radius 1 is 1.12 bits per heavy atom. The number of hydrogen-bond acceptors (Lipinski definition) is 4. The van der Waals surface area contributed by atoms with Crippen LogP contribution >= 0.6 is 22.9 Å². The van der Waals surface area contributed by atoms with Gasteiger partial charge in [0.1, 0.15) is 11.3 Å². The average Bonchev–Trinajstić information content (AvgIpc) is 3.18. The molecular formula is C19H17ClN4S. The molecule has 1 aromatic carbocycles. The zero-order valence-corrected chi connectivity index (χ0v) is 15.5. The molecule has 0 amide bonds. The minimum Gasteiger partial charge on any atom is -0.332 e. The van der Waals surface area contributed by atoms with Crippen molar-refractivity contribution >= 4 is 39.4 Å². The average molecular weight is 369 g/mol. The van der Waals surface area contributed by atoms with Crippen LogP contribution in [0.5, 0.6) is 0 Å². The quantitative estimate of drug-likeness (QED) is 0.500. The van der Waals surface area contributed by atoms with E-state index in [0.717, 1.165) is 40.0 Å². The number of benzene rings is 1. The third-order valence-corrected chi connectivity index (χ3v) is 5.10. The number of nitrogens with zero attached hydrogens (tertiary/aromatic N) is 3. The molecular weight excluding hydrogens is 352 g/mol. The van der Waals surface area contributed by atoms with Gasteiger partial charge < -0.3 is 5.32 Å². The number of rotatable bonds is 4. The first-order valence-corrected chi connectivity index (χ1v) is 9.36. The van der Waals surface area contributed by atoms with Crippen molar-refractivity contribution in [1.82, 2.24) is 14.4 Å². The highest BCUT2D eigenvalue weighted by Gasteiger charge is 2.14. The van der Waals surface area contributed by atoms with Crippen LogP contribution in [-0.2, 0) is 6.42 Å². The Bertz CT molecular complexity index is 1030. The SMILES string of the molecule is CCc1ccc(Nc2nc(-c3c(C)nc4ccc(Cl)cn34)cs2)cc1. The lowest BCUT2D eigenvalue weighted by Crippen LogP contribution is -1.92. The van der Waals surface area contributed by atoms with Gasteiger partial charge in [-0.1, -0.05) is 30.7 Å². The number of thiazole rings is 1. The molecule has 0 fully saturated rings. The highest BCUT2D eigenvalue weighted by Crippen LogP contribution is 2.30. The lowest BCUT2D eigenvalue weighted by Gasteiger charge is -2.04. The fourth-order valence-corrected chi connectivity index (χ4v) is 3.71. The summed E-state index contributed by atoms with van der Waals surface area (Å²) in [7, 11) is 0. The van der Waals surface area contributed by atoms with Gasteiger partial charge in [0.05, 0.1) is 16.4 Å². The van der Waals surface area contributed by atoms with Crippen molar-refractivity contribution in [2.24, 2.45) is 0 Å². The van der Waals surface area contributed by atoms with Crippen LogP contribution in [0.1, 0.15) is 18.2 Å². The zero-order chi connectivity index (χ0) is 17.4. The maximum atomic E-state index is 6.15. The number of anilines is 2. The lowest BCUT2D eigenvalue weighted by atomic mass is 10.1. The van der Waals surface area contributed by atoms with E-state index >= 15 is 0 Å². The standard InChI is InChI=1S/C19H17ClN4S/c1-3-13-4-7-15(8-5-13)22-19-23-16(11-25-19)18-12(2)21-17-9-6-14(20)10-24(17)18/h4-11H,3H2,1-2H3,(H,22,23). The highest BCUT2D eigenvalue weighted by atomic mass is 35.5. The Kier molecular flexibility index (Phi) is 4.19. The Hall–Kier alpha value is -2.37. The number of fused-ring (bicyclic) bond motifs is 1. The third kappa shape index (κ3) is 3.13. The summed E-state index contributed by atoms with van der Waals surface area (Å²) in [5.74, 6) is 0. The first-order chi connectivity index (χ1) is 12.1. The number of imidazole rings is 1. The molecule has 4 nitrogen and oxygen atoms in total. The summed E-state index contributed by atoms with van der Waals surface area (Å²) in [6.07, 6.45) is 2.92. The van der Waals surface area contributed by atoms with Crippen molar-refractivity contribution < 1.29 is 0 Å².